The van der Waals surface area contributed by atoms with Crippen molar-refractivity contribution >= 4 is 12.8 Å². The Morgan fingerprint density at radius 2 is 2.33 bits per heavy atom. The van der Waals surface area contributed by atoms with Crippen LogP contribution in [0.4, 0.5) is 0 Å². The van der Waals surface area contributed by atoms with Crippen LogP contribution in [-0.4, -0.2) is 16.9 Å². The van der Waals surface area contributed by atoms with E-state index < -0.39 is 0 Å². The van der Waals surface area contributed by atoms with Gasteiger partial charge in [-0.25, -0.2) is 0 Å². The Hall–Kier alpha value is 0.310. The summed E-state index contributed by atoms with van der Waals surface area (Å²) in [5, 5.41) is 0. The first-order valence-electron chi connectivity index (χ1n) is 2.26. The molecule has 36 valence electrons. The normalized spacial score (nSPS) is 36.0. The van der Waals surface area contributed by atoms with E-state index in [4.69, 9.17) is 0 Å². The van der Waals surface area contributed by atoms with Crippen LogP contribution in [-0.2, 0) is 0 Å². The van der Waals surface area contributed by atoms with E-state index in [1.807, 2.05) is 4.31 Å². The van der Waals surface area contributed by atoms with Gasteiger partial charge >= 0.3 is 0 Å². The largest absolute Gasteiger partial charge is 0.250 e. The van der Waals surface area contributed by atoms with Crippen molar-refractivity contribution < 1.29 is 0 Å². The van der Waals surface area contributed by atoms with Crippen LogP contribution < -0.4 is 0 Å². The Kier molecular flexibility index (Phi) is 1.06. The quantitative estimate of drug-likeness (QED) is 0.446. The summed E-state index contributed by atoms with van der Waals surface area (Å²) in [6.45, 7) is 3.35. The smallest absolute Gasteiger partial charge is 0.0184 e. The summed E-state index contributed by atoms with van der Waals surface area (Å²) in [7, 11) is 0. The second kappa shape index (κ2) is 1.43. The standard InChI is InChI=1S/C4H9NS/c1-4-2-3-5(4)6/h4,6H,2-3H2,1H3. The Labute approximate surface area is 43.9 Å². The molecule has 1 aliphatic heterocycles. The highest BCUT2D eigenvalue weighted by molar-refractivity contribution is 7.77. The average Bonchev–Trinajstić information content (AvgIpc) is 1.61. The van der Waals surface area contributed by atoms with Gasteiger partial charge in [0.2, 0.25) is 0 Å². The molecule has 1 unspecified atom stereocenters. The molecule has 2 heteroatoms. The van der Waals surface area contributed by atoms with E-state index in [1.165, 1.54) is 13.0 Å². The van der Waals surface area contributed by atoms with Gasteiger partial charge < -0.3 is 0 Å². The second-order valence-electron chi connectivity index (χ2n) is 1.80. The van der Waals surface area contributed by atoms with Gasteiger partial charge in [0.1, 0.15) is 0 Å². The fraction of sp³-hybridized carbons (Fsp3) is 1.00. The van der Waals surface area contributed by atoms with Crippen molar-refractivity contribution in [1.29, 1.82) is 0 Å². The third-order valence-corrected chi connectivity index (χ3v) is 1.88. The van der Waals surface area contributed by atoms with Crippen molar-refractivity contribution in [2.24, 2.45) is 0 Å². The highest BCUT2D eigenvalue weighted by Gasteiger charge is 2.18. The maximum atomic E-state index is 4.11. The van der Waals surface area contributed by atoms with Crippen molar-refractivity contribution in [3.63, 3.8) is 0 Å². The van der Waals surface area contributed by atoms with Crippen LogP contribution in [0.5, 0.6) is 0 Å². The van der Waals surface area contributed by atoms with E-state index in [2.05, 4.69) is 19.7 Å². The molecule has 1 saturated heterocycles. The maximum Gasteiger partial charge on any atom is 0.0184 e. The average molecular weight is 103 g/mol. The SMILES string of the molecule is CC1CCN1S. The van der Waals surface area contributed by atoms with Crippen LogP contribution in [0.3, 0.4) is 0 Å². The summed E-state index contributed by atoms with van der Waals surface area (Å²) in [6, 6.07) is 0.730. The molecule has 0 aromatic heterocycles. The monoisotopic (exact) mass is 103 g/mol. The van der Waals surface area contributed by atoms with E-state index in [-0.39, 0.29) is 0 Å². The van der Waals surface area contributed by atoms with Gasteiger partial charge in [-0.15, -0.1) is 0 Å². The summed E-state index contributed by atoms with van der Waals surface area (Å²) >= 11 is 4.11. The Bertz CT molecular complexity index is 47.5. The molecule has 0 radical (unpaired) electrons. The Morgan fingerprint density at radius 1 is 1.83 bits per heavy atom. The first-order valence-corrected chi connectivity index (χ1v) is 2.66. The lowest BCUT2D eigenvalue weighted by molar-refractivity contribution is 0.244. The molecule has 0 amide bonds. The first-order chi connectivity index (χ1) is 2.80. The van der Waals surface area contributed by atoms with Crippen LogP contribution in [0, 0.1) is 0 Å². The molecule has 0 aliphatic carbocycles. The Morgan fingerprint density at radius 3 is 2.33 bits per heavy atom. The second-order valence-corrected chi connectivity index (χ2v) is 2.31. The number of hydrogen-bond donors (Lipinski definition) is 1. The zero-order valence-corrected chi connectivity index (χ0v) is 4.78. The molecule has 0 spiro atoms. The van der Waals surface area contributed by atoms with E-state index in [0.717, 1.165) is 6.04 Å². The number of thiol groups is 1. The predicted octanol–water partition coefficient (Wildman–Crippen LogP) is 0.925. The molecule has 0 aromatic rings. The minimum atomic E-state index is 0.730. The predicted molar refractivity (Wildman–Crippen MR) is 29.8 cm³/mol. The minimum absolute atomic E-state index is 0.730. The van der Waals surface area contributed by atoms with Gasteiger partial charge in [-0.2, -0.15) is 0 Å². The summed E-state index contributed by atoms with van der Waals surface area (Å²) in [5.41, 5.74) is 0. The summed E-state index contributed by atoms with van der Waals surface area (Å²) < 4.78 is 2.04. The Balaban J connectivity index is 2.20. The van der Waals surface area contributed by atoms with Gasteiger partial charge in [-0.3, -0.25) is 4.31 Å². The van der Waals surface area contributed by atoms with Gasteiger partial charge in [-0.1, -0.05) is 12.8 Å². The molecule has 0 aromatic carbocycles. The zero-order valence-electron chi connectivity index (χ0n) is 3.89. The third-order valence-electron chi connectivity index (χ3n) is 1.28. The molecule has 1 heterocycles. The van der Waals surface area contributed by atoms with Gasteiger partial charge in [0.25, 0.3) is 0 Å². The van der Waals surface area contributed by atoms with E-state index in [1.54, 1.807) is 0 Å². The number of rotatable bonds is 0. The maximum absolute atomic E-state index is 4.11. The van der Waals surface area contributed by atoms with Crippen molar-refractivity contribution in [3.8, 4) is 0 Å². The topological polar surface area (TPSA) is 3.24 Å². The van der Waals surface area contributed by atoms with Crippen LogP contribution in [0.2, 0.25) is 0 Å². The molecule has 1 nitrogen and oxygen atoms in total. The van der Waals surface area contributed by atoms with Crippen LogP contribution in [0.15, 0.2) is 0 Å². The molecule has 1 fully saturated rings. The summed E-state index contributed by atoms with van der Waals surface area (Å²) in [4.78, 5) is 0. The fourth-order valence-corrected chi connectivity index (χ4v) is 0.734. The molecule has 0 bridgehead atoms. The van der Waals surface area contributed by atoms with E-state index >= 15 is 0 Å². The highest BCUT2D eigenvalue weighted by Crippen LogP contribution is 2.16. The van der Waals surface area contributed by atoms with Crippen molar-refractivity contribution in [1.82, 2.24) is 4.31 Å². The molecule has 6 heavy (non-hydrogen) atoms. The van der Waals surface area contributed by atoms with E-state index in [9.17, 15) is 0 Å². The molecule has 1 atom stereocenters. The minimum Gasteiger partial charge on any atom is -0.250 e. The van der Waals surface area contributed by atoms with Gasteiger partial charge in [0.15, 0.2) is 0 Å². The van der Waals surface area contributed by atoms with Crippen LogP contribution in [0.1, 0.15) is 13.3 Å². The molecule has 1 aliphatic rings. The molecule has 1 rings (SSSR count). The first kappa shape index (κ1) is 4.47. The molecule has 0 N–H and O–H groups in total. The van der Waals surface area contributed by atoms with Gasteiger partial charge in [-0.05, 0) is 13.3 Å². The lowest BCUT2D eigenvalue weighted by Crippen LogP contribution is -2.37. The van der Waals surface area contributed by atoms with Crippen molar-refractivity contribution in [2.75, 3.05) is 6.54 Å². The fourth-order valence-electron chi connectivity index (χ4n) is 0.503. The third kappa shape index (κ3) is 0.545. The van der Waals surface area contributed by atoms with Crippen molar-refractivity contribution in [3.05, 3.63) is 0 Å². The zero-order chi connectivity index (χ0) is 4.57. The summed E-state index contributed by atoms with van der Waals surface area (Å²) in [5.74, 6) is 0. The van der Waals surface area contributed by atoms with Gasteiger partial charge in [0, 0.05) is 12.6 Å². The van der Waals surface area contributed by atoms with Crippen molar-refractivity contribution in [2.45, 2.75) is 19.4 Å². The summed E-state index contributed by atoms with van der Waals surface area (Å²) in [6.07, 6.45) is 1.32. The van der Waals surface area contributed by atoms with Crippen LogP contribution >= 0.6 is 12.8 Å². The molecular weight excluding hydrogens is 94.1 g/mol. The van der Waals surface area contributed by atoms with E-state index in [0.29, 0.717) is 0 Å². The highest BCUT2D eigenvalue weighted by atomic mass is 32.1. The number of nitrogens with zero attached hydrogens (tertiary/aromatic N) is 1. The molecular formula is C4H9NS. The lowest BCUT2D eigenvalue weighted by Gasteiger charge is -2.32. The van der Waals surface area contributed by atoms with Gasteiger partial charge in [0.05, 0.1) is 0 Å². The molecule has 0 saturated carbocycles. The van der Waals surface area contributed by atoms with Crippen LogP contribution in [0.25, 0.3) is 0 Å². The number of hydrogen-bond acceptors (Lipinski definition) is 2. The lowest BCUT2D eigenvalue weighted by atomic mass is 10.1.